The molecule has 1 atom stereocenters. The van der Waals surface area contributed by atoms with Crippen molar-refractivity contribution in [1.29, 1.82) is 0 Å². The normalized spacial score (nSPS) is 12.3. The smallest absolute Gasteiger partial charge is 0.306 e. The summed E-state index contributed by atoms with van der Waals surface area (Å²) in [5, 5.41) is 14.8. The van der Waals surface area contributed by atoms with Gasteiger partial charge in [0.25, 0.3) is 0 Å². The molecule has 4 rings (SSSR count). The third-order valence-corrected chi connectivity index (χ3v) is 4.41. The first kappa shape index (κ1) is 17.1. The van der Waals surface area contributed by atoms with E-state index >= 15 is 0 Å². The summed E-state index contributed by atoms with van der Waals surface area (Å²) >= 11 is 0. The highest BCUT2D eigenvalue weighted by Gasteiger charge is 2.18. The predicted molar refractivity (Wildman–Crippen MR) is 101 cm³/mol. The SMILES string of the molecule is N[C@@H](CCC(=O)OCc1ccccc1)c1nnc2c3ccccc3cnn12. The van der Waals surface area contributed by atoms with Gasteiger partial charge in [-0.05, 0) is 12.0 Å². The molecule has 7 heteroatoms. The summed E-state index contributed by atoms with van der Waals surface area (Å²) in [6.45, 7) is 0.260. The second kappa shape index (κ2) is 7.51. The molecule has 27 heavy (non-hydrogen) atoms. The van der Waals surface area contributed by atoms with Crippen molar-refractivity contribution in [3.05, 3.63) is 72.2 Å². The van der Waals surface area contributed by atoms with Crippen LogP contribution in [0.1, 0.15) is 30.3 Å². The molecule has 0 aliphatic carbocycles. The maximum atomic E-state index is 12.0. The monoisotopic (exact) mass is 361 g/mol. The largest absolute Gasteiger partial charge is 0.461 e. The summed E-state index contributed by atoms with van der Waals surface area (Å²) in [5.74, 6) is 0.244. The van der Waals surface area contributed by atoms with Gasteiger partial charge in [-0.2, -0.15) is 9.61 Å². The fourth-order valence-electron chi connectivity index (χ4n) is 2.95. The molecule has 0 aliphatic rings. The average Bonchev–Trinajstić information content (AvgIpc) is 3.16. The van der Waals surface area contributed by atoms with Crippen molar-refractivity contribution in [2.24, 2.45) is 5.73 Å². The Morgan fingerprint density at radius 2 is 1.85 bits per heavy atom. The number of carbonyl (C=O) groups excluding carboxylic acids is 1. The van der Waals surface area contributed by atoms with Crippen LogP contribution in [0.4, 0.5) is 0 Å². The van der Waals surface area contributed by atoms with Crippen LogP contribution in [0.15, 0.2) is 60.8 Å². The number of ether oxygens (including phenoxy) is 1. The quantitative estimate of drug-likeness (QED) is 0.531. The van der Waals surface area contributed by atoms with Gasteiger partial charge >= 0.3 is 5.97 Å². The third kappa shape index (κ3) is 3.63. The van der Waals surface area contributed by atoms with Crippen LogP contribution in [0.5, 0.6) is 0 Å². The van der Waals surface area contributed by atoms with E-state index in [0.29, 0.717) is 17.9 Å². The van der Waals surface area contributed by atoms with Crippen molar-refractivity contribution in [3.8, 4) is 0 Å². The number of hydrogen-bond donors (Lipinski definition) is 1. The Kier molecular flexibility index (Phi) is 4.76. The van der Waals surface area contributed by atoms with Gasteiger partial charge < -0.3 is 10.5 Å². The molecule has 2 aromatic carbocycles. The number of fused-ring (bicyclic) bond motifs is 3. The summed E-state index contributed by atoms with van der Waals surface area (Å²) in [6.07, 6.45) is 2.37. The van der Waals surface area contributed by atoms with Crippen molar-refractivity contribution >= 4 is 22.4 Å². The zero-order valence-corrected chi connectivity index (χ0v) is 14.7. The van der Waals surface area contributed by atoms with Crippen LogP contribution in [0, 0.1) is 0 Å². The summed E-state index contributed by atoms with van der Waals surface area (Å²) in [7, 11) is 0. The molecule has 0 aliphatic heterocycles. The van der Waals surface area contributed by atoms with Crippen molar-refractivity contribution in [2.75, 3.05) is 0 Å². The maximum Gasteiger partial charge on any atom is 0.306 e. The summed E-state index contributed by atoms with van der Waals surface area (Å²) in [4.78, 5) is 12.0. The van der Waals surface area contributed by atoms with E-state index in [0.717, 1.165) is 16.3 Å². The zero-order valence-electron chi connectivity index (χ0n) is 14.7. The van der Waals surface area contributed by atoms with Gasteiger partial charge in [-0.15, -0.1) is 10.2 Å². The molecule has 0 radical (unpaired) electrons. The fourth-order valence-corrected chi connectivity index (χ4v) is 2.95. The minimum Gasteiger partial charge on any atom is -0.461 e. The number of nitrogens with two attached hydrogens (primary N) is 1. The fraction of sp³-hybridized carbons (Fsp3) is 0.200. The molecule has 4 aromatic rings. The lowest BCUT2D eigenvalue weighted by Crippen LogP contribution is -2.17. The van der Waals surface area contributed by atoms with E-state index in [4.69, 9.17) is 10.5 Å². The molecular formula is C20H19N5O2. The number of hydrogen-bond acceptors (Lipinski definition) is 6. The van der Waals surface area contributed by atoms with Gasteiger partial charge in [-0.3, -0.25) is 4.79 Å². The van der Waals surface area contributed by atoms with Gasteiger partial charge in [-0.25, -0.2) is 0 Å². The lowest BCUT2D eigenvalue weighted by Gasteiger charge is -2.10. The van der Waals surface area contributed by atoms with Crippen molar-refractivity contribution in [1.82, 2.24) is 19.8 Å². The molecule has 0 spiro atoms. The highest BCUT2D eigenvalue weighted by molar-refractivity contribution is 5.92. The average molecular weight is 361 g/mol. The van der Waals surface area contributed by atoms with Crippen LogP contribution in [0.25, 0.3) is 16.4 Å². The number of aromatic nitrogens is 4. The minimum absolute atomic E-state index is 0.205. The van der Waals surface area contributed by atoms with Crippen molar-refractivity contribution < 1.29 is 9.53 Å². The highest BCUT2D eigenvalue weighted by Crippen LogP contribution is 2.20. The van der Waals surface area contributed by atoms with Crippen LogP contribution < -0.4 is 5.73 Å². The lowest BCUT2D eigenvalue weighted by molar-refractivity contribution is -0.145. The van der Waals surface area contributed by atoms with E-state index in [2.05, 4.69) is 15.3 Å². The number of rotatable bonds is 6. The van der Waals surface area contributed by atoms with E-state index < -0.39 is 6.04 Å². The molecular weight excluding hydrogens is 342 g/mol. The Labute approximate surface area is 155 Å². The Balaban J connectivity index is 1.41. The number of carbonyl (C=O) groups is 1. The Morgan fingerprint density at radius 3 is 2.70 bits per heavy atom. The Morgan fingerprint density at radius 1 is 1.07 bits per heavy atom. The maximum absolute atomic E-state index is 12.0. The zero-order chi connectivity index (χ0) is 18.6. The molecule has 2 N–H and O–H groups in total. The number of benzene rings is 2. The van der Waals surface area contributed by atoms with E-state index in [-0.39, 0.29) is 19.0 Å². The third-order valence-electron chi connectivity index (χ3n) is 4.41. The van der Waals surface area contributed by atoms with Crippen molar-refractivity contribution in [3.63, 3.8) is 0 Å². The van der Waals surface area contributed by atoms with Gasteiger partial charge in [0.05, 0.1) is 12.2 Å². The molecule has 2 aromatic heterocycles. The number of nitrogens with zero attached hydrogens (tertiary/aromatic N) is 4. The molecule has 0 bridgehead atoms. The molecule has 0 unspecified atom stereocenters. The van der Waals surface area contributed by atoms with Gasteiger partial charge in [0.15, 0.2) is 11.5 Å². The van der Waals surface area contributed by atoms with E-state index in [1.54, 1.807) is 10.7 Å². The first-order chi connectivity index (χ1) is 13.2. The van der Waals surface area contributed by atoms with Gasteiger partial charge in [0, 0.05) is 17.2 Å². The summed E-state index contributed by atoms with van der Waals surface area (Å²) < 4.78 is 6.93. The molecule has 7 nitrogen and oxygen atoms in total. The number of esters is 1. The first-order valence-electron chi connectivity index (χ1n) is 8.76. The second-order valence-corrected chi connectivity index (χ2v) is 6.32. The predicted octanol–water partition coefficient (Wildman–Crippen LogP) is 2.80. The van der Waals surface area contributed by atoms with Gasteiger partial charge in [-0.1, -0.05) is 54.6 Å². The molecule has 2 heterocycles. The van der Waals surface area contributed by atoms with Crippen LogP contribution in [-0.2, 0) is 16.1 Å². The molecule has 0 fully saturated rings. The second-order valence-electron chi connectivity index (χ2n) is 6.32. The van der Waals surface area contributed by atoms with E-state index in [1.165, 1.54) is 0 Å². The Hall–Kier alpha value is -3.32. The molecule has 0 saturated carbocycles. The molecule has 0 saturated heterocycles. The topological polar surface area (TPSA) is 95.4 Å². The summed E-state index contributed by atoms with van der Waals surface area (Å²) in [6, 6.07) is 16.9. The van der Waals surface area contributed by atoms with Crippen LogP contribution in [0.2, 0.25) is 0 Å². The molecule has 136 valence electrons. The van der Waals surface area contributed by atoms with Crippen molar-refractivity contribution in [2.45, 2.75) is 25.5 Å². The molecule has 0 amide bonds. The van der Waals surface area contributed by atoms with Crippen LogP contribution >= 0.6 is 0 Å². The highest BCUT2D eigenvalue weighted by atomic mass is 16.5. The Bertz CT molecular complexity index is 1080. The first-order valence-corrected chi connectivity index (χ1v) is 8.76. The van der Waals surface area contributed by atoms with Crippen LogP contribution in [-0.4, -0.2) is 25.8 Å². The summed E-state index contributed by atoms with van der Waals surface area (Å²) in [5.41, 5.74) is 7.85. The minimum atomic E-state index is -0.460. The lowest BCUT2D eigenvalue weighted by atomic mass is 10.1. The van der Waals surface area contributed by atoms with Crippen LogP contribution in [0.3, 0.4) is 0 Å². The van der Waals surface area contributed by atoms with Gasteiger partial charge in [0.2, 0.25) is 0 Å². The standard InChI is InChI=1S/C20H19N5O2/c21-17(10-11-18(26)27-13-14-6-2-1-3-7-14)20-24-23-19-16-9-5-4-8-15(16)12-22-25(19)20/h1-9,12,17H,10-11,13,21H2/t17-/m0/s1. The van der Waals surface area contributed by atoms with E-state index in [1.807, 2.05) is 54.6 Å². The van der Waals surface area contributed by atoms with E-state index in [9.17, 15) is 4.79 Å². The van der Waals surface area contributed by atoms with Gasteiger partial charge in [0.1, 0.15) is 6.61 Å².